The van der Waals surface area contributed by atoms with E-state index < -0.39 is 0 Å². The Kier molecular flexibility index (Phi) is 8.34. The molecule has 32 heavy (non-hydrogen) atoms. The van der Waals surface area contributed by atoms with Crippen LogP contribution in [0.3, 0.4) is 0 Å². The van der Waals surface area contributed by atoms with E-state index in [4.69, 9.17) is 0 Å². The SMILES string of the molecule is O=C(CC1CCCC1)NC1CCC(CCN2CCC(C(=O)c3ccc(F)cc3)CC2)CC1. The Hall–Kier alpha value is -1.75. The lowest BCUT2D eigenvalue weighted by Crippen LogP contribution is -2.39. The molecule has 4 nitrogen and oxygen atoms in total. The highest BCUT2D eigenvalue weighted by Gasteiger charge is 2.28. The maximum atomic E-state index is 13.1. The van der Waals surface area contributed by atoms with Crippen LogP contribution < -0.4 is 5.32 Å². The third-order valence-corrected chi connectivity index (χ3v) is 8.10. The standard InChI is InChI=1S/C27H39FN2O2/c28-24-9-7-22(8-10-24)27(32)23-14-17-30(18-15-23)16-13-20-5-11-25(12-6-20)29-26(31)19-21-3-1-2-4-21/h7-10,20-21,23,25H,1-6,11-19H2,(H,29,31). The van der Waals surface area contributed by atoms with Gasteiger partial charge in [0.05, 0.1) is 0 Å². The minimum atomic E-state index is -0.295. The average Bonchev–Trinajstić information content (AvgIpc) is 3.32. The second-order valence-electron chi connectivity index (χ2n) is 10.4. The maximum Gasteiger partial charge on any atom is 0.220 e. The molecule has 0 aromatic heterocycles. The van der Waals surface area contributed by atoms with E-state index in [0.29, 0.717) is 17.5 Å². The van der Waals surface area contributed by atoms with E-state index in [2.05, 4.69) is 10.2 Å². The largest absolute Gasteiger partial charge is 0.353 e. The lowest BCUT2D eigenvalue weighted by atomic mass is 9.83. The third kappa shape index (κ3) is 6.63. The Bertz CT molecular complexity index is 743. The molecule has 1 aromatic carbocycles. The highest BCUT2D eigenvalue weighted by molar-refractivity contribution is 5.97. The summed E-state index contributed by atoms with van der Waals surface area (Å²) in [5, 5.41) is 3.30. The second kappa shape index (κ2) is 11.4. The van der Waals surface area contributed by atoms with Gasteiger partial charge < -0.3 is 10.2 Å². The van der Waals surface area contributed by atoms with Crippen molar-refractivity contribution in [2.45, 2.75) is 83.1 Å². The first-order valence-corrected chi connectivity index (χ1v) is 12.9. The molecule has 0 radical (unpaired) electrons. The zero-order valence-corrected chi connectivity index (χ0v) is 19.4. The van der Waals surface area contributed by atoms with Gasteiger partial charge in [-0.2, -0.15) is 0 Å². The van der Waals surface area contributed by atoms with Crippen molar-refractivity contribution in [1.29, 1.82) is 0 Å². The van der Waals surface area contributed by atoms with Crippen LogP contribution in [-0.4, -0.2) is 42.3 Å². The van der Waals surface area contributed by atoms with E-state index in [-0.39, 0.29) is 23.4 Å². The van der Waals surface area contributed by atoms with Gasteiger partial charge in [-0.25, -0.2) is 4.39 Å². The molecule has 0 atom stereocenters. The number of likely N-dealkylation sites (tertiary alicyclic amines) is 1. The van der Waals surface area contributed by atoms with Crippen molar-refractivity contribution in [2.75, 3.05) is 19.6 Å². The third-order valence-electron chi connectivity index (χ3n) is 8.10. The Balaban J connectivity index is 1.10. The van der Waals surface area contributed by atoms with Gasteiger partial charge in [0.1, 0.15) is 5.82 Å². The molecule has 4 rings (SSSR count). The molecule has 0 bridgehead atoms. The van der Waals surface area contributed by atoms with Crippen molar-refractivity contribution in [3.8, 4) is 0 Å². The molecule has 1 aliphatic heterocycles. The lowest BCUT2D eigenvalue weighted by Gasteiger charge is -2.34. The van der Waals surface area contributed by atoms with Gasteiger partial charge in [-0.15, -0.1) is 0 Å². The highest BCUT2D eigenvalue weighted by atomic mass is 19.1. The molecule has 1 aromatic rings. The summed E-state index contributed by atoms with van der Waals surface area (Å²) in [6.07, 6.45) is 13.5. The molecule has 5 heteroatoms. The summed E-state index contributed by atoms with van der Waals surface area (Å²) < 4.78 is 13.1. The first kappa shape index (κ1) is 23.4. The van der Waals surface area contributed by atoms with E-state index >= 15 is 0 Å². The number of nitrogens with zero attached hydrogens (tertiary/aromatic N) is 1. The molecule has 2 saturated carbocycles. The van der Waals surface area contributed by atoms with Crippen LogP contribution in [0.1, 0.15) is 87.4 Å². The van der Waals surface area contributed by atoms with Gasteiger partial charge >= 0.3 is 0 Å². The predicted octanol–water partition coefficient (Wildman–Crippen LogP) is 5.37. The smallest absolute Gasteiger partial charge is 0.220 e. The Morgan fingerprint density at radius 3 is 2.19 bits per heavy atom. The number of carbonyl (C=O) groups is 2. The van der Waals surface area contributed by atoms with Gasteiger partial charge in [0.25, 0.3) is 0 Å². The number of carbonyl (C=O) groups excluding carboxylic acids is 2. The minimum absolute atomic E-state index is 0.0694. The van der Waals surface area contributed by atoms with Crippen LogP contribution in [0.2, 0.25) is 0 Å². The van der Waals surface area contributed by atoms with Crippen LogP contribution in [0.15, 0.2) is 24.3 Å². The molecular weight excluding hydrogens is 403 g/mol. The van der Waals surface area contributed by atoms with Gasteiger partial charge in [0.15, 0.2) is 5.78 Å². The van der Waals surface area contributed by atoms with Crippen LogP contribution in [0.4, 0.5) is 4.39 Å². The predicted molar refractivity (Wildman–Crippen MR) is 125 cm³/mol. The number of rotatable bonds is 8. The molecule has 1 N–H and O–H groups in total. The summed E-state index contributed by atoms with van der Waals surface area (Å²) in [6.45, 7) is 3.06. The van der Waals surface area contributed by atoms with Crippen molar-refractivity contribution in [3.63, 3.8) is 0 Å². The van der Waals surface area contributed by atoms with Crippen molar-refractivity contribution >= 4 is 11.7 Å². The number of Topliss-reactive ketones (excluding diaryl/α,β-unsaturated/α-hetero) is 1. The molecule has 3 fully saturated rings. The number of halogens is 1. The fourth-order valence-electron chi connectivity index (χ4n) is 5.99. The number of benzene rings is 1. The zero-order chi connectivity index (χ0) is 22.3. The van der Waals surface area contributed by atoms with Gasteiger partial charge in [-0.05, 0) is 114 Å². The Labute approximate surface area is 192 Å². The quantitative estimate of drug-likeness (QED) is 0.551. The van der Waals surface area contributed by atoms with Gasteiger partial charge in [-0.1, -0.05) is 12.8 Å². The van der Waals surface area contributed by atoms with E-state index in [1.54, 1.807) is 12.1 Å². The van der Waals surface area contributed by atoms with Crippen molar-refractivity contribution < 1.29 is 14.0 Å². The fraction of sp³-hybridized carbons (Fsp3) is 0.704. The van der Waals surface area contributed by atoms with Gasteiger partial charge in [0.2, 0.25) is 5.91 Å². The van der Waals surface area contributed by atoms with Crippen LogP contribution in [-0.2, 0) is 4.79 Å². The topological polar surface area (TPSA) is 49.4 Å². The summed E-state index contributed by atoms with van der Waals surface area (Å²) in [4.78, 5) is 27.5. The molecular formula is C27H39FN2O2. The monoisotopic (exact) mass is 442 g/mol. The van der Waals surface area contributed by atoms with E-state index in [1.165, 1.54) is 57.1 Å². The number of piperidine rings is 1. The van der Waals surface area contributed by atoms with E-state index in [9.17, 15) is 14.0 Å². The van der Waals surface area contributed by atoms with Gasteiger partial charge in [0, 0.05) is 23.9 Å². The lowest BCUT2D eigenvalue weighted by molar-refractivity contribution is -0.123. The first-order chi connectivity index (χ1) is 15.6. The van der Waals surface area contributed by atoms with E-state index in [1.807, 2.05) is 0 Å². The maximum absolute atomic E-state index is 13.1. The molecule has 1 saturated heterocycles. The molecule has 1 amide bonds. The highest BCUT2D eigenvalue weighted by Crippen LogP contribution is 2.30. The number of amides is 1. The number of hydrogen-bond acceptors (Lipinski definition) is 3. The normalized spacial score (nSPS) is 25.7. The summed E-state index contributed by atoms with van der Waals surface area (Å²) in [5.74, 6) is 1.60. The second-order valence-corrected chi connectivity index (χ2v) is 10.4. The molecule has 2 aliphatic carbocycles. The van der Waals surface area contributed by atoms with Crippen LogP contribution in [0.25, 0.3) is 0 Å². The summed E-state index contributed by atoms with van der Waals surface area (Å²) >= 11 is 0. The van der Waals surface area contributed by atoms with Crippen LogP contribution in [0, 0.1) is 23.6 Å². The fourth-order valence-corrected chi connectivity index (χ4v) is 5.99. The molecule has 0 spiro atoms. The molecule has 1 heterocycles. The Morgan fingerprint density at radius 2 is 1.53 bits per heavy atom. The molecule has 176 valence electrons. The first-order valence-electron chi connectivity index (χ1n) is 12.9. The summed E-state index contributed by atoms with van der Waals surface area (Å²) in [5.41, 5.74) is 0.636. The zero-order valence-electron chi connectivity index (χ0n) is 19.4. The summed E-state index contributed by atoms with van der Waals surface area (Å²) in [6, 6.07) is 6.35. The Morgan fingerprint density at radius 1 is 0.875 bits per heavy atom. The van der Waals surface area contributed by atoms with Crippen molar-refractivity contribution in [1.82, 2.24) is 10.2 Å². The van der Waals surface area contributed by atoms with Crippen LogP contribution >= 0.6 is 0 Å². The van der Waals surface area contributed by atoms with Crippen molar-refractivity contribution in [3.05, 3.63) is 35.6 Å². The van der Waals surface area contributed by atoms with E-state index in [0.717, 1.165) is 57.7 Å². The minimum Gasteiger partial charge on any atom is -0.353 e. The molecule has 0 unspecified atom stereocenters. The molecule has 3 aliphatic rings. The van der Waals surface area contributed by atoms with Crippen LogP contribution in [0.5, 0.6) is 0 Å². The number of ketones is 1. The summed E-state index contributed by atoms with van der Waals surface area (Å²) in [7, 11) is 0. The number of hydrogen-bond donors (Lipinski definition) is 1. The van der Waals surface area contributed by atoms with Gasteiger partial charge in [-0.3, -0.25) is 9.59 Å². The number of nitrogens with one attached hydrogen (secondary N) is 1. The van der Waals surface area contributed by atoms with Crippen molar-refractivity contribution in [2.24, 2.45) is 17.8 Å². The average molecular weight is 443 g/mol.